The summed E-state index contributed by atoms with van der Waals surface area (Å²) < 4.78 is 0. The van der Waals surface area contributed by atoms with Gasteiger partial charge in [-0.15, -0.1) is 0 Å². The lowest BCUT2D eigenvalue weighted by atomic mass is 10.0. The largest absolute Gasteiger partial charge is 0.356 e. The van der Waals surface area contributed by atoms with Crippen LogP contribution in [0.2, 0.25) is 10.0 Å². The Bertz CT molecular complexity index is 680. The Labute approximate surface area is 184 Å². The summed E-state index contributed by atoms with van der Waals surface area (Å²) in [5, 5.41) is 8.21. The number of piperidine rings is 1. The molecule has 1 heterocycles. The summed E-state index contributed by atoms with van der Waals surface area (Å²) in [5.74, 6) is 1.21. The van der Waals surface area contributed by atoms with E-state index in [-0.39, 0.29) is 12.5 Å². The van der Waals surface area contributed by atoms with Crippen LogP contribution in [0.3, 0.4) is 0 Å². The van der Waals surface area contributed by atoms with E-state index in [0.717, 1.165) is 44.6 Å². The SMILES string of the molecule is CC(C)CNC(=NCC(=O)N(C)C)NC1CCN(Cc2cc(Cl)cc(Cl)c2)CC1. The number of likely N-dealkylation sites (tertiary alicyclic amines) is 1. The van der Waals surface area contributed by atoms with E-state index in [1.54, 1.807) is 25.1 Å². The summed E-state index contributed by atoms with van der Waals surface area (Å²) >= 11 is 12.2. The van der Waals surface area contributed by atoms with Crippen LogP contribution in [0.4, 0.5) is 0 Å². The van der Waals surface area contributed by atoms with Gasteiger partial charge in [0.15, 0.2) is 5.96 Å². The molecule has 1 fully saturated rings. The van der Waals surface area contributed by atoms with Crippen LogP contribution in [0.25, 0.3) is 0 Å². The molecule has 0 bridgehead atoms. The van der Waals surface area contributed by atoms with Gasteiger partial charge in [-0.25, -0.2) is 4.99 Å². The molecule has 0 saturated carbocycles. The molecule has 162 valence electrons. The van der Waals surface area contributed by atoms with Crippen molar-refractivity contribution < 1.29 is 4.79 Å². The number of nitrogens with zero attached hydrogens (tertiary/aromatic N) is 3. The van der Waals surface area contributed by atoms with Gasteiger partial charge in [0.2, 0.25) is 5.91 Å². The highest BCUT2D eigenvalue weighted by atomic mass is 35.5. The maximum atomic E-state index is 11.9. The van der Waals surface area contributed by atoms with Gasteiger partial charge in [0.05, 0.1) is 0 Å². The molecule has 2 rings (SSSR count). The van der Waals surface area contributed by atoms with Crippen molar-refractivity contribution in [1.29, 1.82) is 0 Å². The molecule has 2 N–H and O–H groups in total. The number of likely N-dealkylation sites (N-methyl/N-ethyl adjacent to an activating group) is 1. The molecule has 29 heavy (non-hydrogen) atoms. The van der Waals surface area contributed by atoms with Gasteiger partial charge in [-0.1, -0.05) is 37.0 Å². The lowest BCUT2D eigenvalue weighted by Gasteiger charge is -2.33. The topological polar surface area (TPSA) is 60.0 Å². The zero-order valence-corrected chi connectivity index (χ0v) is 19.4. The van der Waals surface area contributed by atoms with Crippen LogP contribution in [0.15, 0.2) is 23.2 Å². The minimum atomic E-state index is -0.00866. The first-order chi connectivity index (χ1) is 13.7. The van der Waals surface area contributed by atoms with E-state index >= 15 is 0 Å². The molecule has 0 aromatic heterocycles. The smallest absolute Gasteiger partial charge is 0.243 e. The van der Waals surface area contributed by atoms with Crippen molar-refractivity contribution in [2.45, 2.75) is 39.3 Å². The molecule has 0 aliphatic carbocycles. The Hall–Kier alpha value is -1.50. The number of rotatable bonds is 7. The van der Waals surface area contributed by atoms with E-state index in [4.69, 9.17) is 23.2 Å². The fourth-order valence-electron chi connectivity index (χ4n) is 3.13. The van der Waals surface area contributed by atoms with E-state index in [9.17, 15) is 4.79 Å². The monoisotopic (exact) mass is 441 g/mol. The molecule has 0 unspecified atom stereocenters. The number of hydrogen-bond acceptors (Lipinski definition) is 3. The zero-order chi connectivity index (χ0) is 21.4. The summed E-state index contributed by atoms with van der Waals surface area (Å²) in [4.78, 5) is 20.3. The van der Waals surface area contributed by atoms with Crippen LogP contribution in [0, 0.1) is 5.92 Å². The molecule has 8 heteroatoms. The van der Waals surface area contributed by atoms with E-state index in [1.165, 1.54) is 0 Å². The van der Waals surface area contributed by atoms with Crippen molar-refractivity contribution in [3.63, 3.8) is 0 Å². The highest BCUT2D eigenvalue weighted by Gasteiger charge is 2.20. The van der Waals surface area contributed by atoms with Crippen molar-refractivity contribution in [3.05, 3.63) is 33.8 Å². The number of benzene rings is 1. The molecule has 1 aromatic rings. The molecule has 6 nitrogen and oxygen atoms in total. The second-order valence-corrected chi connectivity index (χ2v) is 9.07. The number of aliphatic imine (C=N–C) groups is 1. The van der Waals surface area contributed by atoms with Crippen LogP contribution < -0.4 is 10.6 Å². The highest BCUT2D eigenvalue weighted by molar-refractivity contribution is 6.34. The molecule has 1 aliphatic rings. The minimum Gasteiger partial charge on any atom is -0.356 e. The first-order valence-corrected chi connectivity index (χ1v) is 10.9. The normalized spacial score (nSPS) is 16.2. The number of guanidine groups is 1. The predicted molar refractivity (Wildman–Crippen MR) is 122 cm³/mol. The Balaban J connectivity index is 1.87. The maximum Gasteiger partial charge on any atom is 0.243 e. The van der Waals surface area contributed by atoms with Gasteiger partial charge in [0.25, 0.3) is 0 Å². The standard InChI is InChI=1S/C21H33Cl2N5O/c1-15(2)12-24-21(25-13-20(29)27(3)4)26-19-5-7-28(8-6-19)14-16-9-17(22)11-18(23)10-16/h9-11,15,19H,5-8,12-14H2,1-4H3,(H2,24,25,26). The van der Waals surface area contributed by atoms with Gasteiger partial charge in [-0.05, 0) is 42.5 Å². The number of amides is 1. The highest BCUT2D eigenvalue weighted by Crippen LogP contribution is 2.21. The maximum absolute atomic E-state index is 11.9. The van der Waals surface area contributed by atoms with Crippen LogP contribution in [0.5, 0.6) is 0 Å². The van der Waals surface area contributed by atoms with Crippen molar-refractivity contribution >= 4 is 35.1 Å². The summed E-state index contributed by atoms with van der Waals surface area (Å²) in [6, 6.07) is 6.04. The molecular formula is C21H33Cl2N5O. The number of hydrogen-bond donors (Lipinski definition) is 2. The van der Waals surface area contributed by atoms with Gasteiger partial charge in [-0.3, -0.25) is 9.69 Å². The minimum absolute atomic E-state index is 0.00866. The summed E-state index contributed by atoms with van der Waals surface area (Å²) in [7, 11) is 3.49. The Morgan fingerprint density at radius 2 is 1.83 bits per heavy atom. The molecule has 1 amide bonds. The zero-order valence-electron chi connectivity index (χ0n) is 17.8. The molecule has 1 aromatic carbocycles. The van der Waals surface area contributed by atoms with Crippen LogP contribution in [-0.2, 0) is 11.3 Å². The average Bonchev–Trinajstić information content (AvgIpc) is 2.64. The third-order valence-corrected chi connectivity index (χ3v) is 5.24. The van der Waals surface area contributed by atoms with Crippen LogP contribution in [-0.4, -0.2) is 68.0 Å². The first kappa shape index (κ1) is 23.8. The Kier molecular flexibility index (Phi) is 9.53. The second-order valence-electron chi connectivity index (χ2n) is 8.20. The summed E-state index contributed by atoms with van der Waals surface area (Å²) in [5.41, 5.74) is 1.14. The van der Waals surface area contributed by atoms with Crippen molar-refractivity contribution in [3.8, 4) is 0 Å². The van der Waals surface area contributed by atoms with Gasteiger partial charge in [0, 0.05) is 56.4 Å². The second kappa shape index (κ2) is 11.6. The molecule has 0 radical (unpaired) electrons. The molecular weight excluding hydrogens is 409 g/mol. The molecule has 0 atom stereocenters. The van der Waals surface area contributed by atoms with E-state index in [1.807, 2.05) is 12.1 Å². The van der Waals surface area contributed by atoms with Crippen molar-refractivity contribution in [2.75, 3.05) is 40.3 Å². The van der Waals surface area contributed by atoms with Crippen LogP contribution >= 0.6 is 23.2 Å². The van der Waals surface area contributed by atoms with E-state index in [2.05, 4.69) is 34.4 Å². The lowest BCUT2D eigenvalue weighted by molar-refractivity contribution is -0.127. The third-order valence-electron chi connectivity index (χ3n) is 4.81. The lowest BCUT2D eigenvalue weighted by Crippen LogP contribution is -2.49. The number of carbonyl (C=O) groups is 1. The third kappa shape index (κ3) is 8.81. The predicted octanol–water partition coefficient (Wildman–Crippen LogP) is 3.24. The van der Waals surface area contributed by atoms with E-state index < -0.39 is 0 Å². The van der Waals surface area contributed by atoms with Gasteiger partial charge < -0.3 is 15.5 Å². The fourth-order valence-corrected chi connectivity index (χ4v) is 3.70. The van der Waals surface area contributed by atoms with Crippen molar-refractivity contribution in [2.24, 2.45) is 10.9 Å². The first-order valence-electron chi connectivity index (χ1n) is 10.1. The number of carbonyl (C=O) groups excluding carboxylic acids is 1. The van der Waals surface area contributed by atoms with Gasteiger partial charge in [0.1, 0.15) is 6.54 Å². The van der Waals surface area contributed by atoms with Crippen LogP contribution in [0.1, 0.15) is 32.3 Å². The van der Waals surface area contributed by atoms with E-state index in [0.29, 0.717) is 28.0 Å². The average molecular weight is 442 g/mol. The summed E-state index contributed by atoms with van der Waals surface area (Å²) in [6.07, 6.45) is 2.02. The molecule has 1 saturated heterocycles. The summed E-state index contributed by atoms with van der Waals surface area (Å²) in [6.45, 7) is 8.07. The van der Waals surface area contributed by atoms with Gasteiger partial charge in [-0.2, -0.15) is 0 Å². The molecule has 1 aliphatic heterocycles. The Morgan fingerprint density at radius 1 is 1.21 bits per heavy atom. The molecule has 0 spiro atoms. The van der Waals surface area contributed by atoms with Gasteiger partial charge >= 0.3 is 0 Å². The fraction of sp³-hybridized carbons (Fsp3) is 0.619. The number of halogens is 2. The number of nitrogens with one attached hydrogen (secondary N) is 2. The Morgan fingerprint density at radius 3 is 2.38 bits per heavy atom. The quantitative estimate of drug-likeness (QED) is 0.503. The van der Waals surface area contributed by atoms with Crippen molar-refractivity contribution in [1.82, 2.24) is 20.4 Å².